The van der Waals surface area contributed by atoms with E-state index in [2.05, 4.69) is 20.3 Å². The van der Waals surface area contributed by atoms with E-state index in [-0.39, 0.29) is 24.2 Å². The lowest BCUT2D eigenvalue weighted by Crippen LogP contribution is -2.36. The molecule has 2 aromatic rings. The van der Waals surface area contributed by atoms with Crippen LogP contribution in [0.15, 0.2) is 17.2 Å². The molecule has 1 amide bonds. The molecule has 0 saturated carbocycles. The molecular formula is C14H20N6O2S. The number of nitrogens with zero attached hydrogens (tertiary/aromatic N) is 5. The second kappa shape index (κ2) is 6.61. The average molecular weight is 336 g/mol. The smallest absolute Gasteiger partial charge is 0.350 e. The van der Waals surface area contributed by atoms with E-state index in [1.165, 1.54) is 9.08 Å². The van der Waals surface area contributed by atoms with E-state index in [9.17, 15) is 9.59 Å². The first-order valence-electron chi connectivity index (χ1n) is 7.62. The number of nitrogens with one attached hydrogen (secondary N) is 1. The first-order valence-corrected chi connectivity index (χ1v) is 8.78. The van der Waals surface area contributed by atoms with Crippen LogP contribution in [0, 0.1) is 0 Å². The van der Waals surface area contributed by atoms with Crippen molar-refractivity contribution in [1.29, 1.82) is 0 Å². The van der Waals surface area contributed by atoms with Crippen molar-refractivity contribution in [3.05, 3.63) is 22.9 Å². The van der Waals surface area contributed by atoms with Crippen molar-refractivity contribution in [3.8, 4) is 0 Å². The lowest BCUT2D eigenvalue weighted by molar-refractivity contribution is -0.122. The number of rotatable bonds is 4. The van der Waals surface area contributed by atoms with Crippen molar-refractivity contribution in [2.75, 3.05) is 29.5 Å². The number of aromatic nitrogens is 4. The Kier molecular flexibility index (Phi) is 4.56. The number of hydrogen-bond acceptors (Lipinski definition) is 6. The summed E-state index contributed by atoms with van der Waals surface area (Å²) in [5.41, 5.74) is 0.177. The van der Waals surface area contributed by atoms with Crippen LogP contribution in [-0.4, -0.2) is 55.7 Å². The van der Waals surface area contributed by atoms with Gasteiger partial charge in [0.25, 0.3) is 0 Å². The van der Waals surface area contributed by atoms with Crippen molar-refractivity contribution in [2.45, 2.75) is 26.4 Å². The summed E-state index contributed by atoms with van der Waals surface area (Å²) in [5, 5.41) is 7.09. The quantitative estimate of drug-likeness (QED) is 0.844. The minimum atomic E-state index is -0.325. The third kappa shape index (κ3) is 3.34. The number of fused-ring (bicyclic) bond motifs is 1. The highest BCUT2D eigenvalue weighted by Crippen LogP contribution is 2.19. The van der Waals surface area contributed by atoms with Gasteiger partial charge in [-0.25, -0.2) is 18.9 Å². The molecule has 8 nitrogen and oxygen atoms in total. The Morgan fingerprint density at radius 1 is 1.39 bits per heavy atom. The predicted octanol–water partition coefficient (Wildman–Crippen LogP) is -0.0312. The van der Waals surface area contributed by atoms with Gasteiger partial charge in [0, 0.05) is 43.0 Å². The predicted molar refractivity (Wildman–Crippen MR) is 90.1 cm³/mol. The van der Waals surface area contributed by atoms with Crippen molar-refractivity contribution in [1.82, 2.24) is 24.5 Å². The minimum Gasteiger partial charge on any atom is -0.352 e. The third-order valence-electron chi connectivity index (χ3n) is 3.54. The molecule has 0 spiro atoms. The highest BCUT2D eigenvalue weighted by atomic mass is 32.2. The number of thioether (sulfide) groups is 1. The third-order valence-corrected chi connectivity index (χ3v) is 4.48. The Morgan fingerprint density at radius 3 is 2.83 bits per heavy atom. The van der Waals surface area contributed by atoms with E-state index in [0.717, 1.165) is 24.6 Å². The number of carbonyl (C=O) groups is 1. The SMILES string of the molecule is CC(C)NC(=O)Cn1nc2c(N3CCSCC3)nccn2c1=O. The number of carbonyl (C=O) groups excluding carboxylic acids is 1. The van der Waals surface area contributed by atoms with Crippen LogP contribution >= 0.6 is 11.8 Å². The Bertz CT molecular complexity index is 762. The fraction of sp³-hybridized carbons (Fsp3) is 0.571. The molecule has 0 radical (unpaired) electrons. The molecule has 0 bridgehead atoms. The summed E-state index contributed by atoms with van der Waals surface area (Å²) >= 11 is 1.90. The summed E-state index contributed by atoms with van der Waals surface area (Å²) in [4.78, 5) is 30.8. The van der Waals surface area contributed by atoms with Crippen LogP contribution < -0.4 is 15.9 Å². The second-order valence-corrected chi connectivity index (χ2v) is 6.93. The fourth-order valence-electron chi connectivity index (χ4n) is 2.54. The molecule has 1 aliphatic rings. The molecule has 0 aliphatic carbocycles. The second-order valence-electron chi connectivity index (χ2n) is 5.71. The van der Waals surface area contributed by atoms with Crippen LogP contribution in [-0.2, 0) is 11.3 Å². The molecule has 1 aliphatic heterocycles. The van der Waals surface area contributed by atoms with Gasteiger partial charge in [-0.15, -0.1) is 5.10 Å². The number of hydrogen-bond donors (Lipinski definition) is 1. The summed E-state index contributed by atoms with van der Waals surface area (Å²) < 4.78 is 2.64. The van der Waals surface area contributed by atoms with Gasteiger partial charge in [-0.1, -0.05) is 0 Å². The van der Waals surface area contributed by atoms with E-state index >= 15 is 0 Å². The molecule has 23 heavy (non-hydrogen) atoms. The fourth-order valence-corrected chi connectivity index (χ4v) is 3.44. The van der Waals surface area contributed by atoms with E-state index in [0.29, 0.717) is 11.5 Å². The average Bonchev–Trinajstić information content (AvgIpc) is 2.84. The van der Waals surface area contributed by atoms with E-state index in [4.69, 9.17) is 0 Å². The highest BCUT2D eigenvalue weighted by molar-refractivity contribution is 7.99. The maximum absolute atomic E-state index is 12.4. The van der Waals surface area contributed by atoms with Gasteiger partial charge in [-0.2, -0.15) is 11.8 Å². The van der Waals surface area contributed by atoms with Gasteiger partial charge in [0.1, 0.15) is 6.54 Å². The van der Waals surface area contributed by atoms with Crippen molar-refractivity contribution < 1.29 is 4.79 Å². The molecule has 1 N–H and O–H groups in total. The van der Waals surface area contributed by atoms with Crippen molar-refractivity contribution in [2.24, 2.45) is 0 Å². The minimum absolute atomic E-state index is 0.0262. The summed E-state index contributed by atoms with van der Waals surface area (Å²) in [6.07, 6.45) is 3.19. The van der Waals surface area contributed by atoms with Gasteiger partial charge in [0.15, 0.2) is 5.82 Å². The maximum Gasteiger partial charge on any atom is 0.350 e. The van der Waals surface area contributed by atoms with E-state index < -0.39 is 0 Å². The van der Waals surface area contributed by atoms with Gasteiger partial charge < -0.3 is 10.2 Å². The van der Waals surface area contributed by atoms with Crippen LogP contribution in [0.5, 0.6) is 0 Å². The molecule has 0 atom stereocenters. The number of amides is 1. The molecule has 2 aromatic heterocycles. The van der Waals surface area contributed by atoms with E-state index in [1.807, 2.05) is 25.6 Å². The van der Waals surface area contributed by atoms with Gasteiger partial charge in [-0.3, -0.25) is 4.79 Å². The normalized spacial score (nSPS) is 15.3. The maximum atomic E-state index is 12.4. The molecule has 124 valence electrons. The van der Waals surface area contributed by atoms with Gasteiger partial charge in [-0.05, 0) is 13.8 Å². The van der Waals surface area contributed by atoms with Crippen LogP contribution in [0.2, 0.25) is 0 Å². The van der Waals surface area contributed by atoms with Crippen LogP contribution in [0.4, 0.5) is 5.82 Å². The molecule has 1 saturated heterocycles. The molecule has 9 heteroatoms. The molecule has 3 heterocycles. The zero-order valence-corrected chi connectivity index (χ0v) is 14.0. The summed E-state index contributed by atoms with van der Waals surface area (Å²) in [7, 11) is 0. The standard InChI is InChI=1S/C14H20N6O2S/c1-10(2)16-11(21)9-20-14(22)19-4-3-15-12(13(19)17-20)18-5-7-23-8-6-18/h3-4,10H,5-9H2,1-2H3,(H,16,21). The van der Waals surface area contributed by atoms with Crippen LogP contribution in [0.3, 0.4) is 0 Å². The van der Waals surface area contributed by atoms with Gasteiger partial charge >= 0.3 is 5.69 Å². The monoisotopic (exact) mass is 336 g/mol. The zero-order valence-electron chi connectivity index (χ0n) is 13.2. The number of anilines is 1. The van der Waals surface area contributed by atoms with Gasteiger partial charge in [0.2, 0.25) is 11.6 Å². The molecule has 0 unspecified atom stereocenters. The molecular weight excluding hydrogens is 316 g/mol. The van der Waals surface area contributed by atoms with Crippen LogP contribution in [0.1, 0.15) is 13.8 Å². The van der Waals surface area contributed by atoms with Gasteiger partial charge in [0.05, 0.1) is 0 Å². The molecule has 3 rings (SSSR count). The summed E-state index contributed by atoms with van der Waals surface area (Å²) in [6, 6.07) is 0.0262. The Balaban J connectivity index is 1.94. The summed E-state index contributed by atoms with van der Waals surface area (Å²) in [6.45, 7) is 5.42. The Hall–Kier alpha value is -2.03. The first-order chi connectivity index (χ1) is 11.1. The zero-order chi connectivity index (χ0) is 16.4. The lowest BCUT2D eigenvalue weighted by atomic mass is 10.4. The first kappa shape index (κ1) is 15.9. The lowest BCUT2D eigenvalue weighted by Gasteiger charge is -2.27. The van der Waals surface area contributed by atoms with E-state index in [1.54, 1.807) is 12.4 Å². The molecule has 0 aromatic carbocycles. The Morgan fingerprint density at radius 2 is 2.13 bits per heavy atom. The van der Waals surface area contributed by atoms with Crippen molar-refractivity contribution >= 4 is 29.1 Å². The largest absolute Gasteiger partial charge is 0.352 e. The topological polar surface area (TPSA) is 84.5 Å². The molecule has 1 fully saturated rings. The van der Waals surface area contributed by atoms with Crippen molar-refractivity contribution in [3.63, 3.8) is 0 Å². The Labute approximate surface area is 137 Å². The highest BCUT2D eigenvalue weighted by Gasteiger charge is 2.19. The van der Waals surface area contributed by atoms with Crippen LogP contribution in [0.25, 0.3) is 5.65 Å². The summed E-state index contributed by atoms with van der Waals surface area (Å²) in [5.74, 6) is 2.54.